The Kier molecular flexibility index (Phi) is 6.63. The van der Waals surface area contributed by atoms with Crippen LogP contribution in [0.25, 0.3) is 66.1 Å². The predicted molar refractivity (Wildman–Crippen MR) is 222 cm³/mol. The van der Waals surface area contributed by atoms with E-state index in [1.54, 1.807) is 0 Å². The maximum Gasteiger partial charge on any atom is 0.0543 e. The summed E-state index contributed by atoms with van der Waals surface area (Å²) in [6.45, 7) is 0. The summed E-state index contributed by atoms with van der Waals surface area (Å²) in [5.41, 5.74) is 15.2. The Labute approximate surface area is 308 Å². The molecule has 8 aromatic carbocycles. The molecule has 2 nitrogen and oxygen atoms in total. The van der Waals surface area contributed by atoms with Gasteiger partial charge in [-0.3, -0.25) is 0 Å². The molecule has 0 spiro atoms. The highest BCUT2D eigenvalue weighted by Gasteiger charge is 2.44. The molecule has 53 heavy (non-hydrogen) atoms. The topological polar surface area (TPSA) is 9.86 Å². The first-order chi connectivity index (χ1) is 26.3. The van der Waals surface area contributed by atoms with Crippen molar-refractivity contribution in [2.24, 2.45) is 0 Å². The van der Waals surface area contributed by atoms with Crippen molar-refractivity contribution in [3.05, 3.63) is 216 Å². The molecule has 0 saturated carbocycles. The second kappa shape index (κ2) is 11.7. The van der Waals surface area contributed by atoms with E-state index < -0.39 is 0 Å². The van der Waals surface area contributed by atoms with Crippen molar-refractivity contribution in [2.45, 2.75) is 18.3 Å². The number of hydrogen-bond acceptors (Lipinski definition) is 0. The average Bonchev–Trinajstić information content (AvgIpc) is 3.83. The van der Waals surface area contributed by atoms with Gasteiger partial charge in [0.15, 0.2) is 0 Å². The molecule has 1 atom stereocenters. The monoisotopic (exact) mass is 676 g/mol. The van der Waals surface area contributed by atoms with Gasteiger partial charge in [-0.2, -0.15) is 0 Å². The van der Waals surface area contributed by atoms with Gasteiger partial charge >= 0.3 is 0 Å². The summed E-state index contributed by atoms with van der Waals surface area (Å²) >= 11 is 0. The molecule has 2 aromatic heterocycles. The summed E-state index contributed by atoms with van der Waals surface area (Å²) < 4.78 is 4.91. The molecule has 250 valence electrons. The van der Waals surface area contributed by atoms with Crippen LogP contribution in [0.2, 0.25) is 0 Å². The minimum absolute atomic E-state index is 0.267. The number of para-hydroxylation sites is 4. The fourth-order valence-corrected chi connectivity index (χ4v) is 9.55. The first-order valence-corrected chi connectivity index (χ1v) is 18.6. The van der Waals surface area contributed by atoms with Crippen molar-refractivity contribution >= 4 is 43.6 Å². The van der Waals surface area contributed by atoms with E-state index in [9.17, 15) is 0 Å². The highest BCUT2D eigenvalue weighted by molar-refractivity contribution is 6.10. The lowest BCUT2D eigenvalue weighted by atomic mass is 9.69. The third-order valence-corrected chi connectivity index (χ3v) is 11.7. The Balaban J connectivity index is 1.11. The fraction of sp³-hybridized carbons (Fsp3) is 0.0588. The molecule has 1 aliphatic rings. The van der Waals surface area contributed by atoms with Crippen LogP contribution in [0.3, 0.4) is 0 Å². The van der Waals surface area contributed by atoms with Crippen LogP contribution in [0.4, 0.5) is 0 Å². The van der Waals surface area contributed by atoms with Gasteiger partial charge in [-0.25, -0.2) is 0 Å². The van der Waals surface area contributed by atoms with Gasteiger partial charge in [-0.05, 0) is 83.1 Å². The SMILES string of the molecule is c1ccc(CC2(Cc3ccc(-n4c5ccccc5c5ccccc54)cc3)c3ccccc3-c3c(-n4c5ccccc5c5ccccc54)cccc32)cc1. The summed E-state index contributed by atoms with van der Waals surface area (Å²) in [5.74, 6) is 0. The molecule has 0 amide bonds. The van der Waals surface area contributed by atoms with E-state index >= 15 is 0 Å². The normalized spacial score (nSPS) is 15.0. The Bertz CT molecular complexity index is 2890. The van der Waals surface area contributed by atoms with Crippen molar-refractivity contribution in [3.63, 3.8) is 0 Å². The highest BCUT2D eigenvalue weighted by Crippen LogP contribution is 2.55. The van der Waals surface area contributed by atoms with Crippen LogP contribution >= 0.6 is 0 Å². The third kappa shape index (κ3) is 4.45. The molecule has 2 heterocycles. The molecular weight excluding hydrogens is 641 g/mol. The number of hydrogen-bond donors (Lipinski definition) is 0. The summed E-state index contributed by atoms with van der Waals surface area (Å²) in [7, 11) is 0. The maximum absolute atomic E-state index is 2.50. The van der Waals surface area contributed by atoms with Crippen LogP contribution in [-0.2, 0) is 18.3 Å². The number of benzene rings is 8. The van der Waals surface area contributed by atoms with E-state index in [1.807, 2.05) is 0 Å². The zero-order valence-electron chi connectivity index (χ0n) is 29.3. The summed E-state index contributed by atoms with van der Waals surface area (Å²) in [6.07, 6.45) is 1.79. The zero-order chi connectivity index (χ0) is 34.9. The van der Waals surface area contributed by atoms with Crippen LogP contribution in [0, 0.1) is 0 Å². The molecule has 1 aliphatic carbocycles. The van der Waals surface area contributed by atoms with E-state index in [0.717, 1.165) is 12.8 Å². The lowest BCUT2D eigenvalue weighted by Gasteiger charge is -2.33. The van der Waals surface area contributed by atoms with Crippen molar-refractivity contribution in [1.82, 2.24) is 9.13 Å². The van der Waals surface area contributed by atoms with Crippen LogP contribution in [0.1, 0.15) is 22.3 Å². The molecule has 10 aromatic rings. The van der Waals surface area contributed by atoms with Gasteiger partial charge in [0, 0.05) is 38.2 Å². The van der Waals surface area contributed by atoms with Crippen LogP contribution in [0.15, 0.2) is 194 Å². The molecule has 0 N–H and O–H groups in total. The van der Waals surface area contributed by atoms with E-state index in [-0.39, 0.29) is 5.41 Å². The number of aromatic nitrogens is 2. The maximum atomic E-state index is 2.50. The summed E-state index contributed by atoms with van der Waals surface area (Å²) in [4.78, 5) is 0. The molecule has 0 saturated heterocycles. The van der Waals surface area contributed by atoms with Gasteiger partial charge in [0.05, 0.1) is 27.8 Å². The van der Waals surface area contributed by atoms with Crippen LogP contribution < -0.4 is 0 Å². The second-order valence-corrected chi connectivity index (χ2v) is 14.6. The number of nitrogens with zero attached hydrogens (tertiary/aromatic N) is 2. The molecular formula is C51H36N2. The third-order valence-electron chi connectivity index (χ3n) is 11.7. The van der Waals surface area contributed by atoms with E-state index in [2.05, 4.69) is 203 Å². The first kappa shape index (κ1) is 30.0. The molecule has 0 radical (unpaired) electrons. The molecule has 0 bridgehead atoms. The molecule has 0 fully saturated rings. The van der Waals surface area contributed by atoms with Gasteiger partial charge in [-0.1, -0.05) is 152 Å². The minimum Gasteiger partial charge on any atom is -0.309 e. The Morgan fingerprint density at radius 3 is 1.38 bits per heavy atom. The zero-order valence-corrected chi connectivity index (χ0v) is 29.3. The van der Waals surface area contributed by atoms with Crippen molar-refractivity contribution in [2.75, 3.05) is 0 Å². The van der Waals surface area contributed by atoms with Crippen molar-refractivity contribution in [1.29, 1.82) is 0 Å². The lowest BCUT2D eigenvalue weighted by Crippen LogP contribution is -2.31. The van der Waals surface area contributed by atoms with Crippen molar-refractivity contribution < 1.29 is 0 Å². The van der Waals surface area contributed by atoms with Gasteiger partial charge in [0.2, 0.25) is 0 Å². The van der Waals surface area contributed by atoms with E-state index in [0.29, 0.717) is 0 Å². The van der Waals surface area contributed by atoms with Crippen LogP contribution in [0.5, 0.6) is 0 Å². The Morgan fingerprint density at radius 1 is 0.340 bits per heavy atom. The second-order valence-electron chi connectivity index (χ2n) is 14.6. The van der Waals surface area contributed by atoms with E-state index in [4.69, 9.17) is 0 Å². The molecule has 0 aliphatic heterocycles. The van der Waals surface area contributed by atoms with Gasteiger partial charge in [0.1, 0.15) is 0 Å². The standard InChI is InChI=1S/C51H36N2/c1-2-15-35(16-3-1)33-51(34-36-29-31-37(32-30-36)52-45-24-10-5-17-38(45)39-18-6-11-25-46(39)52)43-22-9-4-21-42(43)50-44(51)23-14-28-49(50)53-47-26-12-7-19-40(47)41-20-8-13-27-48(41)53/h1-32H,33-34H2. The average molecular weight is 677 g/mol. The van der Waals surface area contributed by atoms with Crippen LogP contribution in [-0.4, -0.2) is 9.13 Å². The molecule has 2 heteroatoms. The van der Waals surface area contributed by atoms with E-state index in [1.165, 1.54) is 88.4 Å². The predicted octanol–water partition coefficient (Wildman–Crippen LogP) is 12.6. The Hall–Kier alpha value is -6.64. The van der Waals surface area contributed by atoms with Crippen molar-refractivity contribution in [3.8, 4) is 22.5 Å². The fourth-order valence-electron chi connectivity index (χ4n) is 9.55. The quantitative estimate of drug-likeness (QED) is 0.166. The molecule has 1 unspecified atom stereocenters. The molecule has 11 rings (SSSR count). The highest BCUT2D eigenvalue weighted by atomic mass is 15.0. The van der Waals surface area contributed by atoms with Gasteiger partial charge < -0.3 is 9.13 Å². The first-order valence-electron chi connectivity index (χ1n) is 18.6. The van der Waals surface area contributed by atoms with Gasteiger partial charge in [-0.15, -0.1) is 0 Å². The largest absolute Gasteiger partial charge is 0.309 e. The lowest BCUT2D eigenvalue weighted by molar-refractivity contribution is 0.520. The summed E-state index contributed by atoms with van der Waals surface area (Å²) in [5, 5.41) is 5.14. The van der Waals surface area contributed by atoms with Gasteiger partial charge in [0.25, 0.3) is 0 Å². The minimum atomic E-state index is -0.267. The Morgan fingerprint density at radius 2 is 0.792 bits per heavy atom. The number of fused-ring (bicyclic) bond motifs is 9. The smallest absolute Gasteiger partial charge is 0.0543 e. The number of rotatable bonds is 6. The summed E-state index contributed by atoms with van der Waals surface area (Å²) in [6, 6.07) is 71.8.